The number of aromatic hydroxyl groups is 1. The molecule has 0 aliphatic rings. The first kappa shape index (κ1) is 17.0. The molecule has 7 heteroatoms. The number of nitrogens with two attached hydrogens (primary N) is 1. The first-order chi connectivity index (χ1) is 7.64. The Bertz CT molecular complexity index is 400. The van der Waals surface area contributed by atoms with Gasteiger partial charge in [0.2, 0.25) is 0 Å². The molecule has 0 amide bonds. The fourth-order valence-corrected chi connectivity index (χ4v) is 1.57. The van der Waals surface area contributed by atoms with Gasteiger partial charge in [0.25, 0.3) is 0 Å². The molecule has 0 aliphatic heterocycles. The quantitative estimate of drug-likeness (QED) is 0.781. The number of phenolic OH excluding ortho intramolecular Hbond substituents is 1. The number of aliphatic hydroxyl groups is 1. The Morgan fingerprint density at radius 1 is 1.17 bits per heavy atom. The van der Waals surface area contributed by atoms with E-state index in [0.717, 1.165) is 0 Å². The Kier molecular flexibility index (Phi) is 5.46. The van der Waals surface area contributed by atoms with Gasteiger partial charge in [0.15, 0.2) is 6.10 Å². The Morgan fingerprint density at radius 3 is 1.89 bits per heavy atom. The SMILES string of the molecule is Cc1cc([C@@H](N)[C@@H](O)C(F)(F)F)cc(C)c1O.Cl. The lowest BCUT2D eigenvalue weighted by atomic mass is 9.97. The highest BCUT2D eigenvalue weighted by Gasteiger charge is 2.42. The molecule has 18 heavy (non-hydrogen) atoms. The molecule has 0 aromatic heterocycles. The number of hydrogen-bond acceptors (Lipinski definition) is 3. The van der Waals surface area contributed by atoms with Crippen molar-refractivity contribution in [2.75, 3.05) is 0 Å². The highest BCUT2D eigenvalue weighted by Crippen LogP contribution is 2.31. The van der Waals surface area contributed by atoms with Gasteiger partial charge in [-0.05, 0) is 30.5 Å². The van der Waals surface area contributed by atoms with E-state index in [2.05, 4.69) is 0 Å². The van der Waals surface area contributed by atoms with E-state index in [-0.39, 0.29) is 23.7 Å². The van der Waals surface area contributed by atoms with E-state index < -0.39 is 18.3 Å². The van der Waals surface area contributed by atoms with Crippen molar-refractivity contribution in [3.05, 3.63) is 28.8 Å². The van der Waals surface area contributed by atoms with E-state index in [1.165, 1.54) is 12.1 Å². The lowest BCUT2D eigenvalue weighted by Crippen LogP contribution is -2.38. The summed E-state index contributed by atoms with van der Waals surface area (Å²) in [4.78, 5) is 0. The maximum atomic E-state index is 12.3. The molecule has 0 spiro atoms. The summed E-state index contributed by atoms with van der Waals surface area (Å²) in [6.45, 7) is 3.11. The summed E-state index contributed by atoms with van der Waals surface area (Å²) in [6.07, 6.45) is -7.38. The van der Waals surface area contributed by atoms with Gasteiger partial charge in [-0.2, -0.15) is 13.2 Å². The smallest absolute Gasteiger partial charge is 0.416 e. The second-order valence-corrected chi connectivity index (χ2v) is 4.02. The molecule has 1 rings (SSSR count). The number of phenols is 1. The predicted molar refractivity (Wildman–Crippen MR) is 63.8 cm³/mol. The molecule has 0 bridgehead atoms. The molecule has 0 saturated heterocycles. The van der Waals surface area contributed by atoms with Gasteiger partial charge < -0.3 is 15.9 Å². The highest BCUT2D eigenvalue weighted by atomic mass is 35.5. The molecule has 0 saturated carbocycles. The van der Waals surface area contributed by atoms with Crippen LogP contribution < -0.4 is 5.73 Å². The van der Waals surface area contributed by atoms with E-state index in [1.807, 2.05) is 0 Å². The van der Waals surface area contributed by atoms with Crippen LogP contribution in [0.3, 0.4) is 0 Å². The molecule has 1 aromatic rings. The van der Waals surface area contributed by atoms with Crippen LogP contribution in [-0.2, 0) is 0 Å². The third-order valence-corrected chi connectivity index (χ3v) is 2.57. The number of alkyl halides is 3. The van der Waals surface area contributed by atoms with Crippen molar-refractivity contribution in [1.82, 2.24) is 0 Å². The molecule has 2 atom stereocenters. The van der Waals surface area contributed by atoms with Crippen molar-refractivity contribution < 1.29 is 23.4 Å². The maximum Gasteiger partial charge on any atom is 0.416 e. The monoisotopic (exact) mass is 285 g/mol. The summed E-state index contributed by atoms with van der Waals surface area (Å²) in [5.41, 5.74) is 6.34. The van der Waals surface area contributed by atoms with E-state index >= 15 is 0 Å². The van der Waals surface area contributed by atoms with Crippen LogP contribution in [0.2, 0.25) is 0 Å². The van der Waals surface area contributed by atoms with Crippen molar-refractivity contribution in [2.24, 2.45) is 5.73 Å². The van der Waals surface area contributed by atoms with Crippen molar-refractivity contribution in [2.45, 2.75) is 32.2 Å². The number of halogens is 4. The predicted octanol–water partition coefficient (Wildman–Crippen LogP) is 2.35. The van der Waals surface area contributed by atoms with Crippen molar-refractivity contribution in [3.8, 4) is 5.75 Å². The summed E-state index contributed by atoms with van der Waals surface area (Å²) in [5.74, 6) is 0.0162. The molecule has 0 radical (unpaired) electrons. The molecule has 104 valence electrons. The zero-order valence-electron chi connectivity index (χ0n) is 9.82. The summed E-state index contributed by atoms with van der Waals surface area (Å²) in [6, 6.07) is 1.11. The minimum atomic E-state index is -4.76. The highest BCUT2D eigenvalue weighted by molar-refractivity contribution is 5.85. The Morgan fingerprint density at radius 2 is 1.56 bits per heavy atom. The molecular formula is C11H15ClF3NO2. The van der Waals surface area contributed by atoms with Crippen LogP contribution >= 0.6 is 12.4 Å². The van der Waals surface area contributed by atoms with Gasteiger partial charge in [-0.3, -0.25) is 0 Å². The summed E-state index contributed by atoms with van der Waals surface area (Å²) < 4.78 is 36.9. The number of aliphatic hydroxyl groups excluding tert-OH is 1. The number of rotatable bonds is 2. The van der Waals surface area contributed by atoms with Crippen molar-refractivity contribution in [1.29, 1.82) is 0 Å². The van der Waals surface area contributed by atoms with Crippen LogP contribution in [0.5, 0.6) is 5.75 Å². The number of aryl methyl sites for hydroxylation is 2. The molecule has 0 fully saturated rings. The molecule has 0 aliphatic carbocycles. The normalized spacial score (nSPS) is 14.8. The first-order valence-electron chi connectivity index (χ1n) is 4.95. The third kappa shape index (κ3) is 3.51. The zero-order chi connectivity index (χ0) is 13.4. The van der Waals surface area contributed by atoms with Gasteiger partial charge in [-0.15, -0.1) is 12.4 Å². The van der Waals surface area contributed by atoms with Crippen LogP contribution in [0.15, 0.2) is 12.1 Å². The van der Waals surface area contributed by atoms with Crippen LogP contribution in [0.25, 0.3) is 0 Å². The van der Waals surface area contributed by atoms with E-state index in [9.17, 15) is 18.3 Å². The Balaban J connectivity index is 0.00000289. The topological polar surface area (TPSA) is 66.5 Å². The Hall–Kier alpha value is -0.980. The third-order valence-electron chi connectivity index (χ3n) is 2.57. The minimum absolute atomic E-state index is 0. The van der Waals surface area contributed by atoms with Gasteiger partial charge in [0.1, 0.15) is 5.75 Å². The van der Waals surface area contributed by atoms with Crippen molar-refractivity contribution >= 4 is 12.4 Å². The average Bonchev–Trinajstić information content (AvgIpc) is 2.21. The average molecular weight is 286 g/mol. The van der Waals surface area contributed by atoms with E-state index in [1.54, 1.807) is 13.8 Å². The molecule has 4 N–H and O–H groups in total. The lowest BCUT2D eigenvalue weighted by molar-refractivity contribution is -0.210. The minimum Gasteiger partial charge on any atom is -0.507 e. The molecule has 3 nitrogen and oxygen atoms in total. The molecule has 0 unspecified atom stereocenters. The van der Waals surface area contributed by atoms with E-state index in [4.69, 9.17) is 10.8 Å². The largest absolute Gasteiger partial charge is 0.507 e. The fraction of sp³-hybridized carbons (Fsp3) is 0.455. The van der Waals surface area contributed by atoms with Gasteiger partial charge >= 0.3 is 6.18 Å². The Labute approximate surface area is 109 Å². The zero-order valence-corrected chi connectivity index (χ0v) is 10.6. The fourth-order valence-electron chi connectivity index (χ4n) is 1.57. The van der Waals surface area contributed by atoms with Gasteiger partial charge in [-0.25, -0.2) is 0 Å². The standard InChI is InChI=1S/C11H14F3NO2.ClH/c1-5-3-7(4-6(2)9(5)16)8(15)10(17)11(12,13)14;/h3-4,8,10,16-17H,15H2,1-2H3;1H/t8-,10-;/m1./s1. The summed E-state index contributed by atoms with van der Waals surface area (Å²) >= 11 is 0. The van der Waals surface area contributed by atoms with Crippen LogP contribution in [0, 0.1) is 13.8 Å². The first-order valence-corrected chi connectivity index (χ1v) is 4.95. The second kappa shape index (κ2) is 5.77. The molecule has 0 heterocycles. The summed E-state index contributed by atoms with van der Waals surface area (Å²) in [7, 11) is 0. The second-order valence-electron chi connectivity index (χ2n) is 4.02. The van der Waals surface area contributed by atoms with Crippen molar-refractivity contribution in [3.63, 3.8) is 0 Å². The molecule has 1 aromatic carbocycles. The molecular weight excluding hydrogens is 271 g/mol. The van der Waals surface area contributed by atoms with Gasteiger partial charge in [0, 0.05) is 0 Å². The van der Waals surface area contributed by atoms with E-state index in [0.29, 0.717) is 11.1 Å². The van der Waals surface area contributed by atoms with Gasteiger partial charge in [0.05, 0.1) is 6.04 Å². The lowest BCUT2D eigenvalue weighted by Gasteiger charge is -2.22. The van der Waals surface area contributed by atoms with Crippen LogP contribution in [-0.4, -0.2) is 22.5 Å². The number of benzene rings is 1. The number of hydrogen-bond donors (Lipinski definition) is 3. The van der Waals surface area contributed by atoms with Gasteiger partial charge in [-0.1, -0.05) is 12.1 Å². The van der Waals surface area contributed by atoms with Crippen LogP contribution in [0.4, 0.5) is 13.2 Å². The van der Waals surface area contributed by atoms with Crippen LogP contribution in [0.1, 0.15) is 22.7 Å². The maximum absolute atomic E-state index is 12.3. The summed E-state index contributed by atoms with van der Waals surface area (Å²) in [5, 5.41) is 18.5.